The molecule has 1 saturated carbocycles. The van der Waals surface area contributed by atoms with Crippen molar-refractivity contribution in [2.45, 2.75) is 37.8 Å². The molecule has 0 radical (unpaired) electrons. The van der Waals surface area contributed by atoms with Gasteiger partial charge in [-0.05, 0) is 56.3 Å². The maximum Gasteiger partial charge on any atom is 0.245 e. The molecule has 21 heavy (non-hydrogen) atoms. The van der Waals surface area contributed by atoms with Crippen LogP contribution in [0.4, 0.5) is 5.69 Å². The van der Waals surface area contributed by atoms with E-state index in [1.54, 1.807) is 0 Å². The van der Waals surface area contributed by atoms with Gasteiger partial charge in [0, 0.05) is 18.8 Å². The van der Waals surface area contributed by atoms with Crippen molar-refractivity contribution in [2.24, 2.45) is 5.92 Å². The first-order valence-electron chi connectivity index (χ1n) is 8.13. The van der Waals surface area contributed by atoms with Crippen LogP contribution in [0.25, 0.3) is 0 Å². The Bertz CT molecular complexity index is 547. The summed E-state index contributed by atoms with van der Waals surface area (Å²) in [5.74, 6) is 1.00. The van der Waals surface area contributed by atoms with Gasteiger partial charge in [-0.1, -0.05) is 18.2 Å². The van der Waals surface area contributed by atoms with Crippen LogP contribution in [0, 0.1) is 5.92 Å². The predicted octanol–water partition coefficient (Wildman–Crippen LogP) is 1.97. The van der Waals surface area contributed by atoms with Crippen LogP contribution in [0.3, 0.4) is 0 Å². The molecule has 3 aliphatic rings. The zero-order valence-electron chi connectivity index (χ0n) is 12.4. The third-order valence-electron chi connectivity index (χ3n) is 5.26. The highest BCUT2D eigenvalue weighted by Gasteiger charge is 2.47. The van der Waals surface area contributed by atoms with Crippen molar-refractivity contribution in [3.05, 3.63) is 29.8 Å². The molecule has 1 saturated heterocycles. The van der Waals surface area contributed by atoms with Crippen molar-refractivity contribution in [1.82, 2.24) is 10.2 Å². The molecular formula is C17H23N3O. The van der Waals surface area contributed by atoms with Gasteiger partial charge in [0.25, 0.3) is 0 Å². The topological polar surface area (TPSA) is 44.4 Å². The highest BCUT2D eigenvalue weighted by Crippen LogP contribution is 2.38. The molecule has 0 atom stereocenters. The first-order valence-corrected chi connectivity index (χ1v) is 8.13. The second-order valence-electron chi connectivity index (χ2n) is 6.72. The number of piperidine rings is 1. The quantitative estimate of drug-likeness (QED) is 0.873. The van der Waals surface area contributed by atoms with Crippen molar-refractivity contribution in [3.63, 3.8) is 0 Å². The third kappa shape index (κ3) is 2.36. The fourth-order valence-electron chi connectivity index (χ4n) is 3.75. The molecule has 4 rings (SSSR count). The van der Waals surface area contributed by atoms with Crippen LogP contribution in [0.15, 0.2) is 24.3 Å². The van der Waals surface area contributed by atoms with Crippen LogP contribution in [0.2, 0.25) is 0 Å². The molecule has 2 aliphatic heterocycles. The second-order valence-corrected chi connectivity index (χ2v) is 6.72. The number of hydrogen-bond donors (Lipinski definition) is 2. The van der Waals surface area contributed by atoms with Crippen LogP contribution >= 0.6 is 0 Å². The summed E-state index contributed by atoms with van der Waals surface area (Å²) in [6, 6.07) is 8.25. The molecule has 1 aromatic rings. The molecule has 2 N–H and O–H groups in total. The number of amides is 1. The van der Waals surface area contributed by atoms with Crippen LogP contribution < -0.4 is 10.6 Å². The fraction of sp³-hybridized carbons (Fsp3) is 0.588. The number of fused-ring (bicyclic) bond motifs is 1. The summed E-state index contributed by atoms with van der Waals surface area (Å²) in [4.78, 5) is 15.5. The van der Waals surface area contributed by atoms with Gasteiger partial charge in [0.05, 0.1) is 0 Å². The standard InChI is InChI=1S/C17H23N3O/c21-16-17(7-9-18-10-8-17)20(11-13-5-6-13)12-14-3-1-2-4-15(14)19-16/h1-4,13,18H,5-12H2,(H,19,21). The molecule has 0 aromatic heterocycles. The van der Waals surface area contributed by atoms with E-state index in [-0.39, 0.29) is 11.4 Å². The molecule has 0 unspecified atom stereocenters. The maximum absolute atomic E-state index is 13.0. The third-order valence-corrected chi connectivity index (χ3v) is 5.26. The number of rotatable bonds is 2. The van der Waals surface area contributed by atoms with Crippen molar-refractivity contribution in [2.75, 3.05) is 25.0 Å². The monoisotopic (exact) mass is 285 g/mol. The lowest BCUT2D eigenvalue weighted by Crippen LogP contribution is -2.60. The van der Waals surface area contributed by atoms with Crippen molar-refractivity contribution < 1.29 is 4.79 Å². The summed E-state index contributed by atoms with van der Waals surface area (Å²) in [6.07, 6.45) is 4.49. The average molecular weight is 285 g/mol. The fourth-order valence-corrected chi connectivity index (χ4v) is 3.75. The Morgan fingerprint density at radius 3 is 2.71 bits per heavy atom. The number of anilines is 1. The first kappa shape index (κ1) is 13.3. The molecule has 1 amide bonds. The summed E-state index contributed by atoms with van der Waals surface area (Å²) in [5, 5.41) is 6.60. The highest BCUT2D eigenvalue weighted by atomic mass is 16.2. The Morgan fingerprint density at radius 1 is 1.19 bits per heavy atom. The molecule has 2 heterocycles. The Hall–Kier alpha value is -1.39. The van der Waals surface area contributed by atoms with Gasteiger partial charge in [0.1, 0.15) is 5.54 Å². The van der Waals surface area contributed by atoms with Gasteiger partial charge in [0.2, 0.25) is 5.91 Å². The zero-order valence-corrected chi connectivity index (χ0v) is 12.4. The number of para-hydroxylation sites is 1. The van der Waals surface area contributed by atoms with Gasteiger partial charge in [-0.2, -0.15) is 0 Å². The number of benzene rings is 1. The predicted molar refractivity (Wildman–Crippen MR) is 83.0 cm³/mol. The molecule has 1 aliphatic carbocycles. The van der Waals surface area contributed by atoms with Gasteiger partial charge < -0.3 is 10.6 Å². The lowest BCUT2D eigenvalue weighted by molar-refractivity contribution is -0.130. The molecule has 4 nitrogen and oxygen atoms in total. The van der Waals surface area contributed by atoms with Gasteiger partial charge >= 0.3 is 0 Å². The van der Waals surface area contributed by atoms with E-state index in [4.69, 9.17) is 0 Å². The van der Waals surface area contributed by atoms with E-state index in [2.05, 4.69) is 27.7 Å². The van der Waals surface area contributed by atoms with E-state index in [0.717, 1.165) is 50.6 Å². The van der Waals surface area contributed by atoms with Crippen molar-refractivity contribution in [3.8, 4) is 0 Å². The van der Waals surface area contributed by atoms with Crippen LogP contribution in [0.5, 0.6) is 0 Å². The van der Waals surface area contributed by atoms with Gasteiger partial charge in [0.15, 0.2) is 0 Å². The average Bonchev–Trinajstić information content (AvgIpc) is 3.33. The molecule has 1 spiro atoms. The summed E-state index contributed by atoms with van der Waals surface area (Å²) < 4.78 is 0. The normalized spacial score (nSPS) is 25.2. The van der Waals surface area contributed by atoms with Gasteiger partial charge in [-0.3, -0.25) is 9.69 Å². The Balaban J connectivity index is 1.72. The molecule has 4 heteroatoms. The zero-order chi connectivity index (χ0) is 14.3. The number of nitrogens with one attached hydrogen (secondary N) is 2. The lowest BCUT2D eigenvalue weighted by Gasteiger charge is -2.44. The summed E-state index contributed by atoms with van der Waals surface area (Å²) >= 11 is 0. The number of nitrogens with zero attached hydrogens (tertiary/aromatic N) is 1. The van der Waals surface area contributed by atoms with E-state index < -0.39 is 0 Å². The minimum absolute atomic E-state index is 0.203. The maximum atomic E-state index is 13.0. The SMILES string of the molecule is O=C1Nc2ccccc2CN(CC2CC2)C12CCNCC2. The Labute approximate surface area is 125 Å². The van der Waals surface area contributed by atoms with Crippen LogP contribution in [-0.4, -0.2) is 36.0 Å². The van der Waals surface area contributed by atoms with E-state index >= 15 is 0 Å². The van der Waals surface area contributed by atoms with Crippen LogP contribution in [-0.2, 0) is 11.3 Å². The van der Waals surface area contributed by atoms with E-state index in [1.165, 1.54) is 18.4 Å². The molecule has 2 fully saturated rings. The Morgan fingerprint density at radius 2 is 1.95 bits per heavy atom. The molecule has 112 valence electrons. The summed E-state index contributed by atoms with van der Waals surface area (Å²) in [5.41, 5.74) is 1.94. The minimum Gasteiger partial charge on any atom is -0.324 e. The highest BCUT2D eigenvalue weighted by molar-refractivity contribution is 5.99. The smallest absolute Gasteiger partial charge is 0.245 e. The minimum atomic E-state index is -0.313. The number of carbonyl (C=O) groups is 1. The number of hydrogen-bond acceptors (Lipinski definition) is 3. The number of carbonyl (C=O) groups excluding carboxylic acids is 1. The van der Waals surface area contributed by atoms with Crippen LogP contribution in [0.1, 0.15) is 31.2 Å². The summed E-state index contributed by atoms with van der Waals surface area (Å²) in [7, 11) is 0. The van der Waals surface area contributed by atoms with Gasteiger partial charge in [-0.25, -0.2) is 0 Å². The molecule has 1 aromatic carbocycles. The lowest BCUT2D eigenvalue weighted by atomic mass is 9.85. The van der Waals surface area contributed by atoms with E-state index in [1.807, 2.05) is 12.1 Å². The van der Waals surface area contributed by atoms with Crippen molar-refractivity contribution >= 4 is 11.6 Å². The van der Waals surface area contributed by atoms with E-state index in [9.17, 15) is 4.79 Å². The largest absolute Gasteiger partial charge is 0.324 e. The first-order chi connectivity index (χ1) is 10.3. The van der Waals surface area contributed by atoms with Gasteiger partial charge in [-0.15, -0.1) is 0 Å². The van der Waals surface area contributed by atoms with E-state index in [0.29, 0.717) is 0 Å². The Kier molecular flexibility index (Phi) is 3.23. The summed E-state index contributed by atoms with van der Waals surface area (Å²) in [6.45, 7) is 3.84. The molecular weight excluding hydrogens is 262 g/mol. The van der Waals surface area contributed by atoms with Crippen molar-refractivity contribution in [1.29, 1.82) is 0 Å². The molecule has 0 bridgehead atoms. The second kappa shape index (κ2) is 5.11.